The van der Waals surface area contributed by atoms with E-state index in [2.05, 4.69) is 15.7 Å². The van der Waals surface area contributed by atoms with E-state index in [9.17, 15) is 4.79 Å². The van der Waals surface area contributed by atoms with Gasteiger partial charge in [0, 0.05) is 12.4 Å². The van der Waals surface area contributed by atoms with Crippen molar-refractivity contribution in [2.45, 2.75) is 55.9 Å². The summed E-state index contributed by atoms with van der Waals surface area (Å²) in [5.41, 5.74) is -0.545. The van der Waals surface area contributed by atoms with Crippen molar-refractivity contribution in [2.24, 2.45) is 0 Å². The van der Waals surface area contributed by atoms with Gasteiger partial charge in [0.25, 0.3) is 0 Å². The second-order valence-corrected chi connectivity index (χ2v) is 6.42. The molecule has 3 aliphatic rings. The van der Waals surface area contributed by atoms with Crippen molar-refractivity contribution in [2.75, 3.05) is 13.1 Å². The monoisotopic (exact) mass is 326 g/mol. The summed E-state index contributed by atoms with van der Waals surface area (Å²) >= 11 is 0. The average molecular weight is 327 g/mol. The second kappa shape index (κ2) is 6.18. The lowest BCUT2D eigenvalue weighted by atomic mass is 9.86. The molecular formula is C15H23ClN4O2. The number of amides is 1. The molecule has 1 amide bonds. The van der Waals surface area contributed by atoms with E-state index in [4.69, 9.17) is 4.74 Å². The number of aromatic nitrogens is 2. The van der Waals surface area contributed by atoms with Gasteiger partial charge in [0.15, 0.2) is 0 Å². The maximum atomic E-state index is 13.0. The molecule has 122 valence electrons. The highest BCUT2D eigenvalue weighted by Crippen LogP contribution is 2.35. The van der Waals surface area contributed by atoms with Crippen molar-refractivity contribution in [3.8, 4) is 0 Å². The van der Waals surface area contributed by atoms with Gasteiger partial charge in [0.2, 0.25) is 5.91 Å². The molecule has 3 atom stereocenters. The molecule has 3 saturated heterocycles. The lowest BCUT2D eigenvalue weighted by Gasteiger charge is -2.37. The van der Waals surface area contributed by atoms with Crippen LogP contribution in [0.4, 0.5) is 0 Å². The van der Waals surface area contributed by atoms with Gasteiger partial charge in [-0.3, -0.25) is 9.48 Å². The van der Waals surface area contributed by atoms with Crippen LogP contribution in [-0.4, -0.2) is 47.0 Å². The second-order valence-electron chi connectivity index (χ2n) is 6.42. The van der Waals surface area contributed by atoms with Crippen LogP contribution in [0, 0.1) is 0 Å². The third-order valence-electron chi connectivity index (χ3n) is 5.22. The van der Waals surface area contributed by atoms with E-state index >= 15 is 0 Å². The Morgan fingerprint density at radius 3 is 2.77 bits per heavy atom. The molecule has 0 aliphatic carbocycles. The van der Waals surface area contributed by atoms with E-state index in [1.165, 1.54) is 0 Å². The third kappa shape index (κ3) is 2.53. The van der Waals surface area contributed by atoms with Crippen molar-refractivity contribution >= 4 is 18.3 Å². The molecule has 0 radical (unpaired) electrons. The van der Waals surface area contributed by atoms with Crippen molar-refractivity contribution in [1.29, 1.82) is 0 Å². The Kier molecular flexibility index (Phi) is 4.43. The first kappa shape index (κ1) is 15.8. The summed E-state index contributed by atoms with van der Waals surface area (Å²) < 4.78 is 7.69. The van der Waals surface area contributed by atoms with E-state index in [0.29, 0.717) is 6.10 Å². The zero-order chi connectivity index (χ0) is 14.3. The minimum atomic E-state index is -0.545. The maximum Gasteiger partial charge on any atom is 0.248 e. The third-order valence-corrected chi connectivity index (χ3v) is 5.22. The number of nitrogens with one attached hydrogen (secondary N) is 2. The smallest absolute Gasteiger partial charge is 0.248 e. The molecule has 6 nitrogen and oxygen atoms in total. The largest absolute Gasteiger partial charge is 0.373 e. The van der Waals surface area contributed by atoms with Crippen LogP contribution >= 0.6 is 12.4 Å². The Bertz CT molecular complexity index is 516. The first-order chi connectivity index (χ1) is 10.3. The lowest BCUT2D eigenvalue weighted by Crippen LogP contribution is -2.57. The number of hydrogen-bond donors (Lipinski definition) is 2. The molecule has 2 bridgehead atoms. The first-order valence-corrected chi connectivity index (χ1v) is 7.95. The van der Waals surface area contributed by atoms with Crippen molar-refractivity contribution in [1.82, 2.24) is 20.4 Å². The number of ether oxygens (including phenoxy) is 1. The SMILES string of the molecule is Cl.O=C(NC1CC2CCC1O2)C1(n2cccn2)CCNCC1. The average Bonchev–Trinajstić information content (AvgIpc) is 3.25. The Morgan fingerprint density at radius 2 is 2.18 bits per heavy atom. The maximum absolute atomic E-state index is 13.0. The van der Waals surface area contributed by atoms with Gasteiger partial charge in [-0.1, -0.05) is 0 Å². The molecule has 0 aromatic carbocycles. The molecule has 3 unspecified atom stereocenters. The normalized spacial score (nSPS) is 32.5. The highest BCUT2D eigenvalue weighted by atomic mass is 35.5. The fourth-order valence-corrected chi connectivity index (χ4v) is 4.02. The highest BCUT2D eigenvalue weighted by molar-refractivity contribution is 5.85. The minimum Gasteiger partial charge on any atom is -0.373 e. The molecule has 3 aliphatic heterocycles. The topological polar surface area (TPSA) is 68.2 Å². The molecule has 0 spiro atoms. The molecule has 4 rings (SSSR count). The van der Waals surface area contributed by atoms with Crippen LogP contribution in [0.3, 0.4) is 0 Å². The summed E-state index contributed by atoms with van der Waals surface area (Å²) in [7, 11) is 0. The number of nitrogens with zero attached hydrogens (tertiary/aromatic N) is 2. The first-order valence-electron chi connectivity index (χ1n) is 7.95. The van der Waals surface area contributed by atoms with Crippen LogP contribution in [0.2, 0.25) is 0 Å². The predicted octanol–water partition coefficient (Wildman–Crippen LogP) is 0.820. The van der Waals surface area contributed by atoms with E-state index in [0.717, 1.165) is 45.2 Å². The summed E-state index contributed by atoms with van der Waals surface area (Å²) in [6, 6.07) is 2.07. The summed E-state index contributed by atoms with van der Waals surface area (Å²) in [4.78, 5) is 13.0. The molecular weight excluding hydrogens is 304 g/mol. The fraction of sp³-hybridized carbons (Fsp3) is 0.733. The number of piperidine rings is 1. The molecule has 22 heavy (non-hydrogen) atoms. The van der Waals surface area contributed by atoms with Crippen molar-refractivity contribution in [3.63, 3.8) is 0 Å². The number of halogens is 1. The van der Waals surface area contributed by atoms with Crippen LogP contribution in [-0.2, 0) is 15.1 Å². The predicted molar refractivity (Wildman–Crippen MR) is 84.0 cm³/mol. The Hall–Kier alpha value is -1.11. The zero-order valence-electron chi connectivity index (χ0n) is 12.5. The Balaban J connectivity index is 0.00000144. The van der Waals surface area contributed by atoms with E-state index in [-0.39, 0.29) is 30.5 Å². The van der Waals surface area contributed by atoms with Gasteiger partial charge in [0.1, 0.15) is 5.54 Å². The molecule has 7 heteroatoms. The number of carbonyl (C=O) groups is 1. The highest BCUT2D eigenvalue weighted by Gasteiger charge is 2.46. The van der Waals surface area contributed by atoms with Crippen molar-refractivity contribution in [3.05, 3.63) is 18.5 Å². The molecule has 2 N–H and O–H groups in total. The quantitative estimate of drug-likeness (QED) is 0.863. The standard InChI is InChI=1S/C15H22N4O2.ClH/c20-14(18-12-10-11-2-3-13(12)21-11)15(4-7-16-8-5-15)19-9-1-6-17-19;/h1,6,9,11-13,16H,2-5,7-8,10H2,(H,18,20);1H. The van der Waals surface area contributed by atoms with Crippen LogP contribution < -0.4 is 10.6 Å². The number of fused-ring (bicyclic) bond motifs is 2. The Morgan fingerprint density at radius 1 is 1.36 bits per heavy atom. The van der Waals surface area contributed by atoms with Gasteiger partial charge in [-0.2, -0.15) is 5.10 Å². The summed E-state index contributed by atoms with van der Waals surface area (Å²) in [6.45, 7) is 1.70. The zero-order valence-corrected chi connectivity index (χ0v) is 13.3. The summed E-state index contributed by atoms with van der Waals surface area (Å²) in [5.74, 6) is 0.105. The van der Waals surface area contributed by atoms with Crippen LogP contribution in [0.1, 0.15) is 32.1 Å². The van der Waals surface area contributed by atoms with E-state index < -0.39 is 5.54 Å². The van der Waals surface area contributed by atoms with Gasteiger partial charge < -0.3 is 15.4 Å². The van der Waals surface area contributed by atoms with Crippen LogP contribution in [0.5, 0.6) is 0 Å². The minimum absolute atomic E-state index is 0. The number of hydrogen-bond acceptors (Lipinski definition) is 4. The van der Waals surface area contributed by atoms with Gasteiger partial charge in [-0.05, 0) is 51.3 Å². The van der Waals surface area contributed by atoms with Gasteiger partial charge in [-0.25, -0.2) is 0 Å². The van der Waals surface area contributed by atoms with Gasteiger partial charge in [0.05, 0.1) is 18.2 Å². The molecule has 0 saturated carbocycles. The number of carbonyl (C=O) groups excluding carboxylic acids is 1. The molecule has 4 heterocycles. The fourth-order valence-electron chi connectivity index (χ4n) is 4.02. The molecule has 3 fully saturated rings. The van der Waals surface area contributed by atoms with Crippen LogP contribution in [0.25, 0.3) is 0 Å². The lowest BCUT2D eigenvalue weighted by molar-refractivity contribution is -0.133. The Labute approximate surface area is 136 Å². The number of rotatable bonds is 3. The summed E-state index contributed by atoms with van der Waals surface area (Å²) in [5, 5.41) is 10.9. The van der Waals surface area contributed by atoms with Crippen LogP contribution in [0.15, 0.2) is 18.5 Å². The summed E-state index contributed by atoms with van der Waals surface area (Å²) in [6.07, 6.45) is 8.97. The molecule has 1 aromatic rings. The molecule has 1 aromatic heterocycles. The van der Waals surface area contributed by atoms with Crippen molar-refractivity contribution < 1.29 is 9.53 Å². The van der Waals surface area contributed by atoms with Gasteiger partial charge >= 0.3 is 0 Å². The van der Waals surface area contributed by atoms with E-state index in [1.54, 1.807) is 6.20 Å². The van der Waals surface area contributed by atoms with E-state index in [1.807, 2.05) is 16.9 Å². The van der Waals surface area contributed by atoms with Gasteiger partial charge in [-0.15, -0.1) is 12.4 Å².